The lowest BCUT2D eigenvalue weighted by Gasteiger charge is -2.45. The van der Waals surface area contributed by atoms with Crippen LogP contribution in [0.25, 0.3) is 11.0 Å². The second kappa shape index (κ2) is 6.72. The molecule has 3 heterocycles. The van der Waals surface area contributed by atoms with E-state index in [2.05, 4.69) is 9.97 Å². The van der Waals surface area contributed by atoms with Crippen LogP contribution in [-0.4, -0.2) is 58.7 Å². The summed E-state index contributed by atoms with van der Waals surface area (Å²) in [5.74, 6) is -0.0815. The van der Waals surface area contributed by atoms with Crippen molar-refractivity contribution in [3.8, 4) is 0 Å². The van der Waals surface area contributed by atoms with Gasteiger partial charge in [-0.1, -0.05) is 18.2 Å². The van der Waals surface area contributed by atoms with Crippen LogP contribution in [0.4, 0.5) is 0 Å². The number of aromatic nitrogens is 2. The molecular formula is C20H22N4O3S. The number of piperazine rings is 1. The average molecular weight is 398 g/mol. The number of carbonyl (C=O) groups excluding carboxylic acids is 1. The van der Waals surface area contributed by atoms with E-state index in [1.807, 2.05) is 32.0 Å². The molecule has 0 saturated carbocycles. The third-order valence-corrected chi connectivity index (χ3v) is 7.27. The summed E-state index contributed by atoms with van der Waals surface area (Å²) < 4.78 is 28.3. The van der Waals surface area contributed by atoms with Crippen LogP contribution >= 0.6 is 0 Å². The van der Waals surface area contributed by atoms with Crippen molar-refractivity contribution >= 4 is 27.0 Å². The number of rotatable bonds is 3. The summed E-state index contributed by atoms with van der Waals surface area (Å²) in [6.45, 7) is 4.60. The van der Waals surface area contributed by atoms with Gasteiger partial charge >= 0.3 is 0 Å². The van der Waals surface area contributed by atoms with E-state index in [9.17, 15) is 13.2 Å². The molecular weight excluding hydrogens is 376 g/mol. The Kier molecular flexibility index (Phi) is 4.47. The van der Waals surface area contributed by atoms with E-state index >= 15 is 0 Å². The van der Waals surface area contributed by atoms with E-state index in [4.69, 9.17) is 0 Å². The Bertz CT molecular complexity index is 1120. The Morgan fingerprint density at radius 3 is 2.57 bits per heavy atom. The second-order valence-electron chi connectivity index (χ2n) is 7.53. The zero-order valence-corrected chi connectivity index (χ0v) is 16.6. The number of carbonyl (C=O) groups is 1. The maximum absolute atomic E-state index is 13.4. The molecule has 8 heteroatoms. The maximum atomic E-state index is 13.4. The van der Waals surface area contributed by atoms with Crippen molar-refractivity contribution in [2.75, 3.05) is 19.6 Å². The van der Waals surface area contributed by atoms with Gasteiger partial charge in [0.1, 0.15) is 10.5 Å². The smallest absolute Gasteiger partial charge is 0.253 e. The molecule has 3 aromatic rings. The van der Waals surface area contributed by atoms with Gasteiger partial charge in [0.15, 0.2) is 0 Å². The standard InChI is InChI=1S/C20H22N4O3S/c1-20(2)14-23(19(25)15-7-4-3-5-8-15)11-12-24(20)28(26,27)17-13-22-18-16(17)9-6-10-21-18/h3-10,13H,11-12,14H2,1-2H3,(H,21,22). The fourth-order valence-corrected chi connectivity index (χ4v) is 5.70. The van der Waals surface area contributed by atoms with Crippen LogP contribution in [0.2, 0.25) is 0 Å². The largest absolute Gasteiger partial charge is 0.345 e. The topological polar surface area (TPSA) is 86.4 Å². The van der Waals surface area contributed by atoms with Gasteiger partial charge in [-0.3, -0.25) is 4.79 Å². The van der Waals surface area contributed by atoms with Crippen LogP contribution < -0.4 is 0 Å². The van der Waals surface area contributed by atoms with Gasteiger partial charge in [-0.2, -0.15) is 4.31 Å². The summed E-state index contributed by atoms with van der Waals surface area (Å²) >= 11 is 0. The average Bonchev–Trinajstić information content (AvgIpc) is 3.12. The highest BCUT2D eigenvalue weighted by Crippen LogP contribution is 2.32. The second-order valence-corrected chi connectivity index (χ2v) is 9.37. The predicted octanol–water partition coefficient (Wildman–Crippen LogP) is 2.49. The molecule has 0 bridgehead atoms. The number of sulfonamides is 1. The molecule has 146 valence electrons. The lowest BCUT2D eigenvalue weighted by molar-refractivity contribution is 0.0495. The van der Waals surface area contributed by atoms with Crippen molar-refractivity contribution in [2.45, 2.75) is 24.3 Å². The number of nitrogens with zero attached hydrogens (tertiary/aromatic N) is 3. The number of fused-ring (bicyclic) bond motifs is 1. The van der Waals surface area contributed by atoms with Crippen molar-refractivity contribution in [1.82, 2.24) is 19.2 Å². The molecule has 0 atom stereocenters. The summed E-state index contributed by atoms with van der Waals surface area (Å²) in [5.41, 5.74) is 0.405. The number of benzene rings is 1. The number of pyridine rings is 1. The van der Waals surface area contributed by atoms with Crippen LogP contribution in [0.1, 0.15) is 24.2 Å². The first-order valence-electron chi connectivity index (χ1n) is 9.10. The molecule has 7 nitrogen and oxygen atoms in total. The van der Waals surface area contributed by atoms with Crippen LogP contribution in [0.5, 0.6) is 0 Å². The van der Waals surface area contributed by atoms with E-state index in [0.717, 1.165) is 0 Å². The van der Waals surface area contributed by atoms with Crippen LogP contribution in [0.3, 0.4) is 0 Å². The van der Waals surface area contributed by atoms with E-state index in [1.165, 1.54) is 10.5 Å². The first-order valence-corrected chi connectivity index (χ1v) is 10.5. The summed E-state index contributed by atoms with van der Waals surface area (Å²) in [4.78, 5) is 21.8. The van der Waals surface area contributed by atoms with Crippen molar-refractivity contribution < 1.29 is 13.2 Å². The Balaban J connectivity index is 1.63. The SMILES string of the molecule is CC1(C)CN(C(=O)c2ccccc2)CCN1S(=O)(=O)c1c[nH]c2ncccc12. The number of nitrogens with one attached hydrogen (secondary N) is 1. The Morgan fingerprint density at radius 1 is 1.11 bits per heavy atom. The highest BCUT2D eigenvalue weighted by molar-refractivity contribution is 7.89. The van der Waals surface area contributed by atoms with E-state index in [0.29, 0.717) is 29.7 Å². The predicted molar refractivity (Wildman–Crippen MR) is 106 cm³/mol. The summed E-state index contributed by atoms with van der Waals surface area (Å²) in [5, 5.41) is 0.570. The minimum atomic E-state index is -3.74. The monoisotopic (exact) mass is 398 g/mol. The molecule has 0 aliphatic carbocycles. The zero-order chi connectivity index (χ0) is 19.9. The number of amides is 1. The molecule has 0 spiro atoms. The molecule has 2 aromatic heterocycles. The number of aromatic amines is 1. The highest BCUT2D eigenvalue weighted by atomic mass is 32.2. The van der Waals surface area contributed by atoms with Gasteiger partial charge in [-0.05, 0) is 38.1 Å². The van der Waals surface area contributed by atoms with Crippen molar-refractivity contribution in [1.29, 1.82) is 0 Å². The number of H-pyrrole nitrogens is 1. The van der Waals surface area contributed by atoms with Crippen LogP contribution in [0.15, 0.2) is 59.8 Å². The third kappa shape index (κ3) is 3.08. The van der Waals surface area contributed by atoms with Gasteiger partial charge in [0, 0.05) is 48.5 Å². The molecule has 28 heavy (non-hydrogen) atoms. The first kappa shape index (κ1) is 18.6. The molecule has 0 radical (unpaired) electrons. The van der Waals surface area contributed by atoms with Crippen molar-refractivity contribution in [2.24, 2.45) is 0 Å². The fourth-order valence-electron chi connectivity index (χ4n) is 3.78. The molecule has 1 saturated heterocycles. The third-order valence-electron chi connectivity index (χ3n) is 5.12. The molecule has 1 fully saturated rings. The zero-order valence-electron chi connectivity index (χ0n) is 15.8. The van der Waals surface area contributed by atoms with Gasteiger partial charge in [-0.25, -0.2) is 13.4 Å². The molecule has 4 rings (SSSR count). The maximum Gasteiger partial charge on any atom is 0.253 e. The first-order chi connectivity index (χ1) is 13.3. The minimum Gasteiger partial charge on any atom is -0.345 e. The molecule has 1 amide bonds. The normalized spacial score (nSPS) is 17.7. The van der Waals surface area contributed by atoms with Gasteiger partial charge in [0.2, 0.25) is 10.0 Å². The molecule has 1 N–H and O–H groups in total. The fraction of sp³-hybridized carbons (Fsp3) is 0.300. The van der Waals surface area contributed by atoms with Gasteiger partial charge in [0.05, 0.1) is 0 Å². The van der Waals surface area contributed by atoms with Gasteiger partial charge < -0.3 is 9.88 Å². The van der Waals surface area contributed by atoms with Crippen molar-refractivity contribution in [3.05, 3.63) is 60.4 Å². The number of hydrogen-bond acceptors (Lipinski definition) is 4. The van der Waals surface area contributed by atoms with Crippen LogP contribution in [-0.2, 0) is 10.0 Å². The molecule has 0 unspecified atom stereocenters. The Labute approximate surface area is 164 Å². The van der Waals surface area contributed by atoms with E-state index in [-0.39, 0.29) is 17.3 Å². The Morgan fingerprint density at radius 2 is 1.86 bits per heavy atom. The highest BCUT2D eigenvalue weighted by Gasteiger charge is 2.43. The lowest BCUT2D eigenvalue weighted by atomic mass is 10.0. The Hall–Kier alpha value is -2.71. The van der Waals surface area contributed by atoms with E-state index < -0.39 is 15.6 Å². The lowest BCUT2D eigenvalue weighted by Crippen LogP contribution is -2.61. The van der Waals surface area contributed by atoms with Crippen LogP contribution in [0, 0.1) is 0 Å². The van der Waals surface area contributed by atoms with E-state index in [1.54, 1.807) is 35.4 Å². The minimum absolute atomic E-state index is 0.0815. The molecule has 1 aromatic carbocycles. The quantitative estimate of drug-likeness (QED) is 0.734. The molecule has 1 aliphatic rings. The van der Waals surface area contributed by atoms with Gasteiger partial charge in [-0.15, -0.1) is 0 Å². The summed E-state index contributed by atoms with van der Waals surface area (Å²) in [6, 6.07) is 12.5. The van der Waals surface area contributed by atoms with Crippen molar-refractivity contribution in [3.63, 3.8) is 0 Å². The van der Waals surface area contributed by atoms with Gasteiger partial charge in [0.25, 0.3) is 5.91 Å². The summed E-state index contributed by atoms with van der Waals surface area (Å²) in [7, 11) is -3.74. The summed E-state index contributed by atoms with van der Waals surface area (Å²) in [6.07, 6.45) is 3.11. The molecule has 1 aliphatic heterocycles. The number of hydrogen-bond donors (Lipinski definition) is 1.